The second-order valence-electron chi connectivity index (χ2n) is 6.31. The van der Waals surface area contributed by atoms with Crippen molar-refractivity contribution in [2.75, 3.05) is 13.1 Å². The number of fused-ring (bicyclic) bond motifs is 1. The van der Waals surface area contributed by atoms with Crippen LogP contribution in [0.25, 0.3) is 0 Å². The van der Waals surface area contributed by atoms with E-state index in [1.54, 1.807) is 6.20 Å². The summed E-state index contributed by atoms with van der Waals surface area (Å²) in [6, 6.07) is 3.92. The number of carbonyl (C=O) groups is 1. The van der Waals surface area contributed by atoms with Gasteiger partial charge in [0.05, 0.1) is 12.1 Å². The number of carbonyl (C=O) groups excluding carboxylic acids is 1. The fourth-order valence-corrected chi connectivity index (χ4v) is 2.95. The molecule has 0 bridgehead atoms. The summed E-state index contributed by atoms with van der Waals surface area (Å²) in [5.74, 6) is 0.584. The normalized spacial score (nSPS) is 28.7. The van der Waals surface area contributed by atoms with E-state index in [1.807, 2.05) is 18.3 Å². The van der Waals surface area contributed by atoms with Gasteiger partial charge in [-0.2, -0.15) is 0 Å². The van der Waals surface area contributed by atoms with Gasteiger partial charge in [-0.1, -0.05) is 19.9 Å². The summed E-state index contributed by atoms with van der Waals surface area (Å²) >= 11 is 0. The number of aromatic nitrogens is 1. The van der Waals surface area contributed by atoms with E-state index in [1.165, 1.54) is 0 Å². The van der Waals surface area contributed by atoms with Gasteiger partial charge in [0.1, 0.15) is 6.29 Å². The lowest BCUT2D eigenvalue weighted by atomic mass is 10.0. The standard InChI is InChI=1S/C15H24N6O/c1-10(2)9-21-13-12(8-18-21)14(22)20-15(19-13)17-7-11-4-3-5-16-6-11/h3-6,10,12-13,15,17-19H,7-9H2,1-2H3,(H,20,22). The first-order valence-corrected chi connectivity index (χ1v) is 7.82. The number of hydrogen-bond acceptors (Lipinski definition) is 6. The van der Waals surface area contributed by atoms with E-state index in [-0.39, 0.29) is 24.3 Å². The predicted molar refractivity (Wildman–Crippen MR) is 83.0 cm³/mol. The molecule has 2 aliphatic heterocycles. The predicted octanol–water partition coefficient (Wildman–Crippen LogP) is -0.407. The quantitative estimate of drug-likeness (QED) is 0.592. The van der Waals surface area contributed by atoms with E-state index in [2.05, 4.69) is 45.2 Å². The highest BCUT2D eigenvalue weighted by Gasteiger charge is 2.43. The number of pyridine rings is 1. The summed E-state index contributed by atoms with van der Waals surface area (Å²) in [7, 11) is 0. The maximum absolute atomic E-state index is 12.3. The summed E-state index contributed by atoms with van der Waals surface area (Å²) in [6.45, 7) is 6.61. The highest BCUT2D eigenvalue weighted by molar-refractivity contribution is 5.81. The number of nitrogens with one attached hydrogen (secondary N) is 4. The van der Waals surface area contributed by atoms with Gasteiger partial charge in [0.15, 0.2) is 0 Å². The van der Waals surface area contributed by atoms with Crippen molar-refractivity contribution in [2.45, 2.75) is 32.8 Å². The van der Waals surface area contributed by atoms with Crippen LogP contribution in [-0.2, 0) is 11.3 Å². The number of nitrogens with zero attached hydrogens (tertiary/aromatic N) is 2. The van der Waals surface area contributed by atoms with E-state index < -0.39 is 0 Å². The minimum atomic E-state index is -0.233. The minimum absolute atomic E-state index is 0.0301. The third-order valence-electron chi connectivity index (χ3n) is 3.99. The second kappa shape index (κ2) is 6.70. The van der Waals surface area contributed by atoms with Crippen LogP contribution in [0.5, 0.6) is 0 Å². The molecule has 7 heteroatoms. The van der Waals surface area contributed by atoms with Gasteiger partial charge in [0.25, 0.3) is 0 Å². The Morgan fingerprint density at radius 2 is 2.36 bits per heavy atom. The summed E-state index contributed by atoms with van der Waals surface area (Å²) < 4.78 is 0. The Hall–Kier alpha value is -1.54. The van der Waals surface area contributed by atoms with Crippen molar-refractivity contribution in [1.82, 2.24) is 31.4 Å². The van der Waals surface area contributed by atoms with Crippen molar-refractivity contribution in [1.29, 1.82) is 0 Å². The Kier molecular flexibility index (Phi) is 4.68. The van der Waals surface area contributed by atoms with Crippen molar-refractivity contribution in [3.05, 3.63) is 30.1 Å². The summed E-state index contributed by atoms with van der Waals surface area (Å²) in [5.41, 5.74) is 4.41. The molecule has 2 fully saturated rings. The van der Waals surface area contributed by atoms with Gasteiger partial charge < -0.3 is 5.32 Å². The van der Waals surface area contributed by atoms with Gasteiger partial charge in [0.2, 0.25) is 5.91 Å². The van der Waals surface area contributed by atoms with Crippen molar-refractivity contribution in [3.63, 3.8) is 0 Å². The van der Waals surface area contributed by atoms with Crippen LogP contribution < -0.4 is 21.4 Å². The maximum atomic E-state index is 12.3. The molecule has 3 rings (SSSR count). The third-order valence-corrected chi connectivity index (χ3v) is 3.99. The fraction of sp³-hybridized carbons (Fsp3) is 0.600. The first kappa shape index (κ1) is 15.4. The van der Waals surface area contributed by atoms with E-state index in [0.29, 0.717) is 19.0 Å². The van der Waals surface area contributed by atoms with Crippen LogP contribution in [0.4, 0.5) is 0 Å². The second-order valence-corrected chi connectivity index (χ2v) is 6.31. The maximum Gasteiger partial charge on any atom is 0.229 e. The first-order chi connectivity index (χ1) is 10.6. The van der Waals surface area contributed by atoms with Crippen LogP contribution in [0, 0.1) is 11.8 Å². The van der Waals surface area contributed by atoms with Crippen molar-refractivity contribution in [2.24, 2.45) is 11.8 Å². The lowest BCUT2D eigenvalue weighted by Gasteiger charge is -2.37. The van der Waals surface area contributed by atoms with Gasteiger partial charge in [0, 0.05) is 32.0 Å². The lowest BCUT2D eigenvalue weighted by Crippen LogP contribution is -2.68. The highest BCUT2D eigenvalue weighted by Crippen LogP contribution is 2.19. The molecule has 3 atom stereocenters. The van der Waals surface area contributed by atoms with Gasteiger partial charge in [-0.15, -0.1) is 0 Å². The largest absolute Gasteiger partial charge is 0.328 e. The summed E-state index contributed by atoms with van der Waals surface area (Å²) in [6.07, 6.45) is 3.37. The number of amides is 1. The Morgan fingerprint density at radius 1 is 1.50 bits per heavy atom. The molecule has 2 aliphatic rings. The molecule has 0 aliphatic carbocycles. The molecule has 1 amide bonds. The molecule has 120 valence electrons. The average molecular weight is 304 g/mol. The lowest BCUT2D eigenvalue weighted by molar-refractivity contribution is -0.130. The van der Waals surface area contributed by atoms with Gasteiger partial charge in [-0.3, -0.25) is 25.8 Å². The van der Waals surface area contributed by atoms with Crippen molar-refractivity contribution in [3.8, 4) is 0 Å². The van der Waals surface area contributed by atoms with Crippen molar-refractivity contribution >= 4 is 5.91 Å². The molecular formula is C15H24N6O. The smallest absolute Gasteiger partial charge is 0.229 e. The summed E-state index contributed by atoms with van der Waals surface area (Å²) in [4.78, 5) is 16.4. The van der Waals surface area contributed by atoms with Crippen molar-refractivity contribution < 1.29 is 4.79 Å². The monoisotopic (exact) mass is 304 g/mol. The molecule has 4 N–H and O–H groups in total. The minimum Gasteiger partial charge on any atom is -0.328 e. The summed E-state index contributed by atoms with van der Waals surface area (Å²) in [5, 5.41) is 11.9. The van der Waals surface area contributed by atoms with Crippen LogP contribution >= 0.6 is 0 Å². The number of rotatable bonds is 5. The topological polar surface area (TPSA) is 81.3 Å². The molecule has 22 heavy (non-hydrogen) atoms. The molecule has 3 heterocycles. The van der Waals surface area contributed by atoms with E-state index in [4.69, 9.17) is 0 Å². The fourth-order valence-electron chi connectivity index (χ4n) is 2.95. The van der Waals surface area contributed by atoms with E-state index >= 15 is 0 Å². The van der Waals surface area contributed by atoms with Crippen LogP contribution in [-0.4, -0.2) is 41.4 Å². The Morgan fingerprint density at radius 3 is 3.09 bits per heavy atom. The zero-order valence-electron chi connectivity index (χ0n) is 13.0. The van der Waals surface area contributed by atoms with Crippen LogP contribution in [0.1, 0.15) is 19.4 Å². The molecule has 0 saturated carbocycles. The molecule has 0 radical (unpaired) electrons. The molecule has 0 aromatic carbocycles. The van der Waals surface area contributed by atoms with Crippen LogP contribution in [0.3, 0.4) is 0 Å². The van der Waals surface area contributed by atoms with Gasteiger partial charge >= 0.3 is 0 Å². The molecule has 7 nitrogen and oxygen atoms in total. The van der Waals surface area contributed by atoms with E-state index in [9.17, 15) is 4.79 Å². The van der Waals surface area contributed by atoms with Crippen LogP contribution in [0.2, 0.25) is 0 Å². The average Bonchev–Trinajstić information content (AvgIpc) is 2.89. The molecule has 1 aromatic rings. The third kappa shape index (κ3) is 3.44. The van der Waals surface area contributed by atoms with Gasteiger partial charge in [-0.25, -0.2) is 5.01 Å². The number of hydrogen-bond donors (Lipinski definition) is 4. The highest BCUT2D eigenvalue weighted by atomic mass is 16.2. The Labute approximate surface area is 130 Å². The van der Waals surface area contributed by atoms with Gasteiger partial charge in [-0.05, 0) is 17.5 Å². The first-order valence-electron chi connectivity index (χ1n) is 7.82. The van der Waals surface area contributed by atoms with E-state index in [0.717, 1.165) is 12.1 Å². The zero-order valence-corrected chi connectivity index (χ0v) is 13.0. The number of hydrazine groups is 1. The Bertz CT molecular complexity index is 508. The van der Waals surface area contributed by atoms with Crippen LogP contribution in [0.15, 0.2) is 24.5 Å². The molecule has 2 saturated heterocycles. The molecular weight excluding hydrogens is 280 g/mol. The zero-order chi connectivity index (χ0) is 15.5. The Balaban J connectivity index is 1.59. The SMILES string of the molecule is CC(C)CN1NCC2C(=O)NC(NCc3cccnc3)NC21. The molecule has 3 unspecified atom stereocenters. The molecule has 0 spiro atoms. The molecule has 1 aromatic heterocycles.